The Morgan fingerprint density at radius 1 is 1.18 bits per heavy atom. The van der Waals surface area contributed by atoms with Gasteiger partial charge in [0.2, 0.25) is 0 Å². The van der Waals surface area contributed by atoms with E-state index in [1.54, 1.807) is 0 Å². The molecule has 0 atom stereocenters. The van der Waals surface area contributed by atoms with Crippen molar-refractivity contribution in [1.82, 2.24) is 4.98 Å². The van der Waals surface area contributed by atoms with Crippen molar-refractivity contribution in [1.29, 1.82) is 0 Å². The minimum absolute atomic E-state index is 0.0640. The molecule has 0 aliphatic heterocycles. The van der Waals surface area contributed by atoms with Gasteiger partial charge in [-0.3, -0.25) is 0 Å². The molecule has 1 aromatic heterocycles. The number of aryl methyl sites for hydroxylation is 2. The molecule has 0 N–H and O–H groups in total. The van der Waals surface area contributed by atoms with Gasteiger partial charge in [0.1, 0.15) is 0 Å². The second kappa shape index (κ2) is 2.62. The molecule has 0 fully saturated rings. The van der Waals surface area contributed by atoms with Gasteiger partial charge < -0.3 is 0 Å². The van der Waals surface area contributed by atoms with Gasteiger partial charge in [-0.25, -0.2) is 0 Å². The maximum atomic E-state index is 4.33. The zero-order valence-corrected chi connectivity index (χ0v) is 8.92. The second-order valence-corrected chi connectivity index (χ2v) is 5.29. The standard InChI is InChI=1S/C9H9NTe/c1-6-3-8-9(4-7(6)2)11-5-10-8/h3-5H,1-2H3. The number of hydrogen-bond acceptors (Lipinski definition) is 1. The van der Waals surface area contributed by atoms with Crippen LogP contribution in [0, 0.1) is 13.8 Å². The van der Waals surface area contributed by atoms with Gasteiger partial charge in [0.15, 0.2) is 0 Å². The van der Waals surface area contributed by atoms with E-state index in [0.717, 1.165) is 0 Å². The average Bonchev–Trinajstić information content (AvgIpc) is 2.36. The van der Waals surface area contributed by atoms with Crippen LogP contribution in [0.3, 0.4) is 0 Å². The summed E-state index contributed by atoms with van der Waals surface area (Å²) in [6.07, 6.45) is 0. The maximum absolute atomic E-state index is 4.33. The summed E-state index contributed by atoms with van der Waals surface area (Å²) in [6.45, 7) is 4.31. The Morgan fingerprint density at radius 2 is 1.91 bits per heavy atom. The summed E-state index contributed by atoms with van der Waals surface area (Å²) in [4.78, 5) is 4.33. The molecular weight excluding hydrogens is 250 g/mol. The molecule has 0 radical (unpaired) electrons. The third kappa shape index (κ3) is 1.21. The van der Waals surface area contributed by atoms with E-state index in [4.69, 9.17) is 0 Å². The fourth-order valence-corrected chi connectivity index (χ4v) is 3.27. The first-order valence-electron chi connectivity index (χ1n) is 3.58. The van der Waals surface area contributed by atoms with Crippen molar-refractivity contribution in [2.45, 2.75) is 13.8 Å². The van der Waals surface area contributed by atoms with Crippen LogP contribution in [0.1, 0.15) is 11.1 Å². The molecule has 0 bridgehead atoms. The van der Waals surface area contributed by atoms with Crippen LogP contribution < -0.4 is 0 Å². The van der Waals surface area contributed by atoms with E-state index in [9.17, 15) is 0 Å². The summed E-state index contributed by atoms with van der Waals surface area (Å²) in [7, 11) is 0. The van der Waals surface area contributed by atoms with E-state index in [-0.39, 0.29) is 20.4 Å². The third-order valence-electron chi connectivity index (χ3n) is 1.95. The molecule has 2 heteroatoms. The second-order valence-electron chi connectivity index (χ2n) is 2.76. The van der Waals surface area contributed by atoms with Gasteiger partial charge >= 0.3 is 75.7 Å². The van der Waals surface area contributed by atoms with Gasteiger partial charge in [-0.2, -0.15) is 0 Å². The molecule has 1 aromatic carbocycles. The predicted octanol–water partition coefficient (Wildman–Crippen LogP) is 1.91. The first-order chi connectivity index (χ1) is 5.27. The van der Waals surface area contributed by atoms with Crippen LogP contribution in [0.25, 0.3) is 8.92 Å². The Bertz CT molecular complexity index is 353. The molecule has 0 saturated heterocycles. The number of hydrogen-bond donors (Lipinski definition) is 0. The molecule has 0 amide bonds. The van der Waals surface area contributed by atoms with Gasteiger partial charge in [-0.1, -0.05) is 0 Å². The first kappa shape index (κ1) is 7.34. The van der Waals surface area contributed by atoms with E-state index in [2.05, 4.69) is 35.2 Å². The molecule has 0 spiro atoms. The van der Waals surface area contributed by atoms with Crippen molar-refractivity contribution in [3.05, 3.63) is 27.5 Å². The zero-order valence-electron chi connectivity index (χ0n) is 6.59. The summed E-state index contributed by atoms with van der Waals surface area (Å²) in [5.74, 6) is 0. The number of rotatable bonds is 0. The van der Waals surface area contributed by atoms with Gasteiger partial charge in [0, 0.05) is 0 Å². The molecule has 0 aliphatic rings. The molecule has 56 valence electrons. The van der Waals surface area contributed by atoms with Gasteiger partial charge in [0.05, 0.1) is 0 Å². The van der Waals surface area contributed by atoms with E-state index >= 15 is 0 Å². The Labute approximate surface area is 75.7 Å². The molecule has 1 nitrogen and oxygen atoms in total. The van der Waals surface area contributed by atoms with Crippen molar-refractivity contribution in [3.63, 3.8) is 0 Å². The van der Waals surface area contributed by atoms with Crippen LogP contribution in [0.5, 0.6) is 0 Å². The molecule has 1 heterocycles. The summed E-state index contributed by atoms with van der Waals surface area (Å²) in [5, 5.41) is 0. The molecule has 2 aromatic rings. The first-order valence-corrected chi connectivity index (χ1v) is 6.09. The van der Waals surface area contributed by atoms with E-state index in [1.165, 1.54) is 20.0 Å². The molecule has 0 aliphatic carbocycles. The van der Waals surface area contributed by atoms with Crippen LogP contribution in [-0.2, 0) is 0 Å². The predicted molar refractivity (Wildman–Crippen MR) is 48.2 cm³/mol. The summed E-state index contributed by atoms with van der Waals surface area (Å²) in [6, 6.07) is 4.48. The van der Waals surface area contributed by atoms with Gasteiger partial charge in [0.25, 0.3) is 0 Å². The SMILES string of the molecule is Cc1cc2nc[te]c2cc1C. The van der Waals surface area contributed by atoms with Gasteiger partial charge in [-0.05, 0) is 0 Å². The Hall–Kier alpha value is -0.320. The van der Waals surface area contributed by atoms with E-state index in [0.29, 0.717) is 0 Å². The molecular formula is C9H9NTe. The van der Waals surface area contributed by atoms with Crippen molar-refractivity contribution >= 4 is 29.3 Å². The molecule has 2 rings (SSSR count). The zero-order chi connectivity index (χ0) is 7.84. The summed E-state index contributed by atoms with van der Waals surface area (Å²) in [5.41, 5.74) is 3.98. The fourth-order valence-electron chi connectivity index (χ4n) is 1.11. The Kier molecular flexibility index (Phi) is 1.75. The van der Waals surface area contributed by atoms with Crippen LogP contribution >= 0.6 is 0 Å². The Balaban J connectivity index is 2.86. The fraction of sp³-hybridized carbons (Fsp3) is 0.222. The van der Waals surface area contributed by atoms with E-state index < -0.39 is 0 Å². The number of aromatic nitrogens is 1. The number of fused-ring (bicyclic) bond motifs is 1. The quantitative estimate of drug-likeness (QED) is 0.658. The van der Waals surface area contributed by atoms with Crippen molar-refractivity contribution in [3.8, 4) is 0 Å². The van der Waals surface area contributed by atoms with Crippen molar-refractivity contribution < 1.29 is 0 Å². The topological polar surface area (TPSA) is 12.9 Å². The van der Waals surface area contributed by atoms with Gasteiger partial charge in [-0.15, -0.1) is 0 Å². The van der Waals surface area contributed by atoms with Crippen molar-refractivity contribution in [2.75, 3.05) is 0 Å². The minimum atomic E-state index is -0.0640. The normalized spacial score (nSPS) is 10.7. The molecule has 0 unspecified atom stereocenters. The average molecular weight is 259 g/mol. The monoisotopic (exact) mass is 261 g/mol. The van der Waals surface area contributed by atoms with Crippen LogP contribution in [-0.4, -0.2) is 25.4 Å². The van der Waals surface area contributed by atoms with E-state index in [1.807, 2.05) is 0 Å². The number of benzene rings is 1. The molecule has 11 heavy (non-hydrogen) atoms. The molecule has 0 saturated carbocycles. The van der Waals surface area contributed by atoms with Crippen LogP contribution in [0.15, 0.2) is 16.3 Å². The van der Waals surface area contributed by atoms with Crippen LogP contribution in [0.2, 0.25) is 0 Å². The third-order valence-corrected chi connectivity index (χ3v) is 4.21. The summed E-state index contributed by atoms with van der Waals surface area (Å²) >= 11 is -0.0640. The summed E-state index contributed by atoms with van der Waals surface area (Å²) < 4.78 is 3.60. The van der Waals surface area contributed by atoms with Crippen molar-refractivity contribution in [2.24, 2.45) is 0 Å². The van der Waals surface area contributed by atoms with Crippen LogP contribution in [0.4, 0.5) is 0 Å². The number of nitrogens with zero attached hydrogens (tertiary/aromatic N) is 1. The Morgan fingerprint density at radius 3 is 2.73 bits per heavy atom.